The molecule has 8 heteroatoms. The molecule has 0 saturated carbocycles. The minimum Gasteiger partial charge on any atom is -0.371 e. The molecule has 0 amide bonds. The molecule has 1 unspecified atom stereocenters. The number of hydrogen-bond acceptors (Lipinski definition) is 5. The highest BCUT2D eigenvalue weighted by molar-refractivity contribution is 14.0. The molecule has 0 bridgehead atoms. The van der Waals surface area contributed by atoms with Crippen molar-refractivity contribution < 1.29 is 9.26 Å². The summed E-state index contributed by atoms with van der Waals surface area (Å²) in [7, 11) is 1.80. The van der Waals surface area contributed by atoms with E-state index in [1.807, 2.05) is 13.8 Å². The molecule has 1 aromatic rings. The molecule has 0 aromatic carbocycles. The molecule has 1 saturated heterocycles. The van der Waals surface area contributed by atoms with Gasteiger partial charge in [-0.3, -0.25) is 4.99 Å². The molecule has 1 aliphatic rings. The lowest BCUT2D eigenvalue weighted by Gasteiger charge is -2.23. The van der Waals surface area contributed by atoms with Gasteiger partial charge in [-0.2, -0.15) is 4.98 Å². The normalized spacial score (nSPS) is 18.7. The number of rotatable bonds is 5. The van der Waals surface area contributed by atoms with Crippen molar-refractivity contribution in [2.45, 2.75) is 46.8 Å². The summed E-state index contributed by atoms with van der Waals surface area (Å²) in [6.07, 6.45) is 1.02. The third-order valence-corrected chi connectivity index (χ3v) is 3.85. The van der Waals surface area contributed by atoms with E-state index in [-0.39, 0.29) is 30.1 Å². The lowest BCUT2D eigenvalue weighted by molar-refractivity contribution is 0.0683. The van der Waals surface area contributed by atoms with Gasteiger partial charge in [-0.15, -0.1) is 24.0 Å². The van der Waals surface area contributed by atoms with E-state index in [1.54, 1.807) is 7.05 Å². The maximum Gasteiger partial charge on any atom is 0.246 e. The second kappa shape index (κ2) is 8.81. The number of nitrogens with one attached hydrogen (secondary N) is 1. The summed E-state index contributed by atoms with van der Waals surface area (Å²) in [5, 5.41) is 7.24. The molecule has 2 rings (SSSR count). The lowest BCUT2D eigenvalue weighted by Crippen LogP contribution is -2.40. The lowest BCUT2D eigenvalue weighted by atomic mass is 9.93. The zero-order chi connectivity index (χ0) is 16.2. The Morgan fingerprint density at radius 2 is 2.26 bits per heavy atom. The summed E-state index contributed by atoms with van der Waals surface area (Å²) in [4.78, 5) is 11.0. The summed E-state index contributed by atoms with van der Waals surface area (Å²) < 4.78 is 10.7. The van der Waals surface area contributed by atoms with Crippen LogP contribution in [0.5, 0.6) is 0 Å². The average Bonchev–Trinajstić information content (AvgIpc) is 3.07. The second-order valence-corrected chi connectivity index (χ2v) is 6.38. The minimum atomic E-state index is -0.152. The summed E-state index contributed by atoms with van der Waals surface area (Å²) in [5.74, 6) is 2.00. The summed E-state index contributed by atoms with van der Waals surface area (Å²) in [5.41, 5.74) is 0.336. The molecule has 7 nitrogen and oxygen atoms in total. The topological polar surface area (TPSA) is 75.8 Å². The first-order valence-electron chi connectivity index (χ1n) is 7.85. The minimum absolute atomic E-state index is 0. The molecule has 2 heterocycles. The Labute approximate surface area is 155 Å². The van der Waals surface area contributed by atoms with Gasteiger partial charge in [0.15, 0.2) is 11.8 Å². The first-order valence-corrected chi connectivity index (χ1v) is 7.85. The molecular formula is C15H28IN5O2. The van der Waals surface area contributed by atoms with E-state index in [1.165, 1.54) is 6.42 Å². The fourth-order valence-corrected chi connectivity index (χ4v) is 2.61. The van der Waals surface area contributed by atoms with Crippen molar-refractivity contribution in [3.05, 3.63) is 11.7 Å². The predicted octanol–water partition coefficient (Wildman–Crippen LogP) is 2.59. The third kappa shape index (κ3) is 5.59. The van der Waals surface area contributed by atoms with E-state index in [2.05, 4.69) is 39.2 Å². The van der Waals surface area contributed by atoms with Gasteiger partial charge in [0.1, 0.15) is 6.10 Å². The SMILES string of the molecule is CCOC(C)c1noc(CNC(=NC)N2CCC(C)(C)C2)n1.I. The largest absolute Gasteiger partial charge is 0.371 e. The van der Waals surface area contributed by atoms with Gasteiger partial charge in [-0.1, -0.05) is 19.0 Å². The van der Waals surface area contributed by atoms with Crippen LogP contribution in [0.25, 0.3) is 0 Å². The van der Waals surface area contributed by atoms with Crippen molar-refractivity contribution in [2.75, 3.05) is 26.7 Å². The van der Waals surface area contributed by atoms with Crippen molar-refractivity contribution in [3.8, 4) is 0 Å². The van der Waals surface area contributed by atoms with Gasteiger partial charge in [0.2, 0.25) is 5.89 Å². The quantitative estimate of drug-likeness (QED) is 0.434. The molecule has 1 atom stereocenters. The Hall–Kier alpha value is -0.900. The van der Waals surface area contributed by atoms with Gasteiger partial charge in [0.05, 0.1) is 6.54 Å². The zero-order valence-electron chi connectivity index (χ0n) is 14.6. The number of aliphatic imine (C=N–C) groups is 1. The van der Waals surface area contributed by atoms with E-state index < -0.39 is 0 Å². The molecule has 23 heavy (non-hydrogen) atoms. The van der Waals surface area contributed by atoms with Gasteiger partial charge < -0.3 is 19.5 Å². The molecular weight excluding hydrogens is 409 g/mol. The van der Waals surface area contributed by atoms with E-state index in [4.69, 9.17) is 9.26 Å². The van der Waals surface area contributed by atoms with Crippen LogP contribution in [0.1, 0.15) is 51.9 Å². The van der Waals surface area contributed by atoms with Crippen LogP contribution in [0.15, 0.2) is 9.52 Å². The van der Waals surface area contributed by atoms with Crippen LogP contribution in [0, 0.1) is 5.41 Å². The van der Waals surface area contributed by atoms with Crippen molar-refractivity contribution in [3.63, 3.8) is 0 Å². The third-order valence-electron chi connectivity index (χ3n) is 3.85. The molecule has 1 N–H and O–H groups in total. The Bertz CT molecular complexity index is 518. The second-order valence-electron chi connectivity index (χ2n) is 6.38. The Kier molecular flexibility index (Phi) is 7.72. The van der Waals surface area contributed by atoms with E-state index in [0.29, 0.717) is 30.3 Å². The zero-order valence-corrected chi connectivity index (χ0v) is 17.0. The number of guanidine groups is 1. The van der Waals surface area contributed by atoms with Crippen LogP contribution in [-0.4, -0.2) is 47.7 Å². The van der Waals surface area contributed by atoms with Crippen molar-refractivity contribution in [2.24, 2.45) is 10.4 Å². The van der Waals surface area contributed by atoms with Crippen LogP contribution >= 0.6 is 24.0 Å². The van der Waals surface area contributed by atoms with Gasteiger partial charge in [-0.05, 0) is 25.7 Å². The van der Waals surface area contributed by atoms with Gasteiger partial charge in [-0.25, -0.2) is 0 Å². The first-order chi connectivity index (χ1) is 10.4. The number of hydrogen-bond donors (Lipinski definition) is 1. The number of aromatic nitrogens is 2. The molecule has 1 aromatic heterocycles. The van der Waals surface area contributed by atoms with Crippen LogP contribution < -0.4 is 5.32 Å². The molecule has 1 aliphatic heterocycles. The van der Waals surface area contributed by atoms with Crippen LogP contribution in [0.3, 0.4) is 0 Å². The van der Waals surface area contributed by atoms with Crippen LogP contribution in [-0.2, 0) is 11.3 Å². The highest BCUT2D eigenvalue weighted by Gasteiger charge is 2.30. The molecule has 0 radical (unpaired) electrons. The highest BCUT2D eigenvalue weighted by atomic mass is 127. The first kappa shape index (κ1) is 20.1. The number of nitrogens with zero attached hydrogens (tertiary/aromatic N) is 4. The predicted molar refractivity (Wildman–Crippen MR) is 99.9 cm³/mol. The Morgan fingerprint density at radius 3 is 2.83 bits per heavy atom. The van der Waals surface area contributed by atoms with Crippen LogP contribution in [0.2, 0.25) is 0 Å². The molecule has 1 fully saturated rings. The van der Waals surface area contributed by atoms with Gasteiger partial charge in [0.25, 0.3) is 0 Å². The summed E-state index contributed by atoms with van der Waals surface area (Å²) in [6.45, 7) is 11.5. The fraction of sp³-hybridized carbons (Fsp3) is 0.800. The monoisotopic (exact) mass is 437 g/mol. The van der Waals surface area contributed by atoms with E-state index in [0.717, 1.165) is 19.0 Å². The maximum absolute atomic E-state index is 5.45. The fourth-order valence-electron chi connectivity index (χ4n) is 2.61. The molecule has 0 spiro atoms. The smallest absolute Gasteiger partial charge is 0.246 e. The van der Waals surface area contributed by atoms with Gasteiger partial charge >= 0.3 is 0 Å². The summed E-state index contributed by atoms with van der Waals surface area (Å²) in [6, 6.07) is 0. The Morgan fingerprint density at radius 1 is 1.52 bits per heavy atom. The highest BCUT2D eigenvalue weighted by Crippen LogP contribution is 2.28. The molecule has 0 aliphatic carbocycles. The van der Waals surface area contributed by atoms with Crippen molar-refractivity contribution >= 4 is 29.9 Å². The van der Waals surface area contributed by atoms with Crippen molar-refractivity contribution in [1.82, 2.24) is 20.4 Å². The number of likely N-dealkylation sites (tertiary alicyclic amines) is 1. The average molecular weight is 437 g/mol. The number of halogens is 1. The Balaban J connectivity index is 0.00000264. The van der Waals surface area contributed by atoms with Gasteiger partial charge in [0, 0.05) is 26.7 Å². The number of ether oxygens (including phenoxy) is 1. The summed E-state index contributed by atoms with van der Waals surface area (Å²) >= 11 is 0. The van der Waals surface area contributed by atoms with E-state index >= 15 is 0 Å². The molecule has 132 valence electrons. The standard InChI is InChI=1S/C15H27N5O2.HI/c1-6-21-11(2)13-18-12(22-19-13)9-17-14(16-5)20-8-7-15(3,4)10-20;/h11H,6-10H2,1-5H3,(H,16,17);1H. The maximum atomic E-state index is 5.45. The van der Waals surface area contributed by atoms with Crippen LogP contribution in [0.4, 0.5) is 0 Å². The van der Waals surface area contributed by atoms with Crippen molar-refractivity contribution in [1.29, 1.82) is 0 Å². The van der Waals surface area contributed by atoms with E-state index in [9.17, 15) is 0 Å².